The van der Waals surface area contributed by atoms with Crippen molar-refractivity contribution in [2.24, 2.45) is 11.5 Å². The van der Waals surface area contributed by atoms with Crippen molar-refractivity contribution in [2.45, 2.75) is 213 Å². The van der Waals surface area contributed by atoms with E-state index in [1.807, 2.05) is 12.1 Å². The second-order valence-corrected chi connectivity index (χ2v) is 34.9. The highest BCUT2D eigenvalue weighted by molar-refractivity contribution is 7.80. The molecule has 45 heteroatoms. The van der Waals surface area contributed by atoms with Gasteiger partial charge in [-0.1, -0.05) is 128 Å². The summed E-state index contributed by atoms with van der Waals surface area (Å²) in [7, 11) is 0. The van der Waals surface area contributed by atoms with E-state index >= 15 is 33.6 Å². The number of nitrogens with two attached hydrogens (primary N) is 2. The maximum absolute atomic E-state index is 15.9. The molecule has 5 heterocycles. The zero-order chi connectivity index (χ0) is 101. The van der Waals surface area contributed by atoms with Gasteiger partial charge in [-0.3, -0.25) is 88.2 Å². The summed E-state index contributed by atoms with van der Waals surface area (Å²) >= 11 is 4.34. The fourth-order valence-corrected chi connectivity index (χ4v) is 16.9. The minimum atomic E-state index is -2.05. The number of thiol groups is 1. The van der Waals surface area contributed by atoms with Crippen molar-refractivity contribution in [3.63, 3.8) is 0 Å². The van der Waals surface area contributed by atoms with E-state index in [9.17, 15) is 63.6 Å². The lowest BCUT2D eigenvalue weighted by Crippen LogP contribution is -2.64. The Morgan fingerprint density at radius 1 is 0.521 bits per heavy atom. The number of nitrogens with one attached hydrogen (secondary N) is 21. The van der Waals surface area contributed by atoms with Crippen LogP contribution < -0.4 is 96.8 Å². The van der Waals surface area contributed by atoms with E-state index in [2.05, 4.69) is 113 Å². The summed E-state index contributed by atoms with van der Waals surface area (Å²) in [6, 6.07) is 14.5. The molecule has 5 aromatic carbocycles. The smallest absolute Gasteiger partial charge is 0.246 e. The van der Waals surface area contributed by atoms with Crippen LogP contribution in [0.3, 0.4) is 0 Å². The Bertz CT molecular complexity index is 5680. The quantitative estimate of drug-likeness (QED) is 0.00484. The van der Waals surface area contributed by atoms with Gasteiger partial charge in [0.05, 0.1) is 37.3 Å². The lowest BCUT2D eigenvalue weighted by molar-refractivity contribution is -0.143. The van der Waals surface area contributed by atoms with Gasteiger partial charge in [-0.25, -0.2) is 5.43 Å². The predicted octanol–water partition coefficient (Wildman–Crippen LogP) is -3.58. The van der Waals surface area contributed by atoms with Gasteiger partial charge in [-0.05, 0) is 124 Å². The molecule has 750 valence electrons. The summed E-state index contributed by atoms with van der Waals surface area (Å²) in [5, 5.41) is 97.0. The molecule has 29 N–H and O–H groups in total. The van der Waals surface area contributed by atoms with Crippen molar-refractivity contribution in [3.8, 4) is 0 Å². The fraction of sp³-hybridized carbons (Fsp3) is 0.432. The Balaban J connectivity index is 1.05. The highest BCUT2D eigenvalue weighted by atomic mass is 32.1. The molecule has 0 radical (unpaired) electrons. The van der Waals surface area contributed by atoms with Crippen LogP contribution in [0.25, 0.3) is 32.7 Å². The first-order valence-corrected chi connectivity index (χ1v) is 46.9. The van der Waals surface area contributed by atoms with Gasteiger partial charge in [-0.2, -0.15) is 12.6 Å². The number of hydrogen-bond donors (Lipinski definition) is 28. The van der Waals surface area contributed by atoms with Crippen LogP contribution in [0.5, 0.6) is 0 Å². The average molecular weight is 1950 g/mol. The molecule has 2 fully saturated rings. The van der Waals surface area contributed by atoms with Gasteiger partial charge in [0.15, 0.2) is 11.9 Å². The Hall–Kier alpha value is -14.5. The van der Waals surface area contributed by atoms with E-state index < -0.39 is 229 Å². The third-order valence-corrected chi connectivity index (χ3v) is 24.5. The normalized spacial score (nSPS) is 22.0. The molecule has 0 saturated carbocycles. The topological polar surface area (TPSA) is 697 Å². The van der Waals surface area contributed by atoms with Crippen molar-refractivity contribution >= 4 is 152 Å². The molecule has 44 nitrogen and oxygen atoms in total. The number of hydrogen-bond acceptors (Lipinski definition) is 25. The van der Waals surface area contributed by atoms with Gasteiger partial charge < -0.3 is 131 Å². The van der Waals surface area contributed by atoms with E-state index in [1.54, 1.807) is 140 Å². The molecule has 0 aliphatic carbocycles. The zero-order valence-corrected chi connectivity index (χ0v) is 78.3. The molecule has 8 aromatic rings. The lowest BCUT2D eigenvalue weighted by atomic mass is 9.94. The Morgan fingerprint density at radius 2 is 1.01 bits per heavy atom. The highest BCUT2D eigenvalue weighted by Gasteiger charge is 2.44. The summed E-state index contributed by atoms with van der Waals surface area (Å²) in [6.45, 7) is 0.0939. The third kappa shape index (κ3) is 31.3. The molecular weight excluding hydrogens is 1830 g/mol. The first-order chi connectivity index (χ1) is 67.2. The van der Waals surface area contributed by atoms with E-state index in [0.29, 0.717) is 60.5 Å². The SMILES string of the molecule is C[C@@H](O)[C@@H]1NC(=O)C(CS)NNC(=O)C[C@@H](C(=O)N2CCC[C@H]2C(=O)N[C@@H](CCCNC(=N)N)C(=O)NC(C=O)CO)NC(=O)[C@H](Cc2c[nH]c3ccccc23)NC(=O)[C@@H](NC(=O)[C@H](Cc2ccccc2)NC(=O)CO)CCCCCN[C@@H](Cc2c[nH]c3ccccc23)C(=O)C(=O)[C@H](CCCNC(=N)N)NC(=O)C(Cc2ccccc2)NC(=O)[C@H](Cc2c[nH]c3ccccc23)NC(=O)[C@H]([C@@H](C)O)NC1=O. The standard InChI is InChI=1S/C95H124N24O20S/c1-52(123)79-91(137)113-73(43-58-47-105-65-30-16-13-27-62(58)65)87(133)111-71(40-55-23-8-4-9-24-55)86(132)108-66(32-18-36-101-94(96)97)81(127)82(128)69(41-56-45-103-63-28-14-11-25-60(56)63)100-35-17-5-10-31-67(109-85(131)70(107-78(126)50-122)39-54-21-6-3-7-22-54)84(130)112-72(42-57-46-104-64-29-15-12-26-61(57)64)88(134)114-74(44-77(125)118-117-75(51-140)89(135)115-80(53(2)124)92(138)116-79)93(139)119-38-20-34-76(119)90(136)110-68(33-19-37-102-95(98)99)83(129)106-59(48-120)49-121/h3-4,6-9,11-16,21-30,45-48,52-53,59,66-76,79-80,100,103-105,117,121-124,140H,5,10,17-20,31-44,49-51H2,1-2H3,(H,106,129)(H,107,126)(H,108,132)(H,109,131)(H,110,136)(H,111,133)(H,112,130)(H,113,137)(H,114,134)(H,115,135)(H,116,138)(H,118,125)(H4,96,97,101)(H4,98,99,102)/t52-,53-,59?,66+,67+,68+,69+,70+,71?,72+,73+,74+,75?,76+,79+,80+/m1/s1. The number of fused-ring (bicyclic) bond motifs is 3. The van der Waals surface area contributed by atoms with Crippen molar-refractivity contribution in [1.82, 2.24) is 105 Å². The van der Waals surface area contributed by atoms with Crippen LogP contribution in [-0.4, -0.2) is 289 Å². The van der Waals surface area contributed by atoms with E-state index in [0.717, 1.165) is 18.7 Å². The van der Waals surface area contributed by atoms with Gasteiger partial charge in [-0.15, -0.1) is 0 Å². The molecule has 13 amide bonds. The van der Waals surface area contributed by atoms with Crippen LogP contribution in [0.1, 0.15) is 112 Å². The summed E-state index contributed by atoms with van der Waals surface area (Å²) in [6.07, 6.45) is -1.05. The number of aromatic nitrogens is 3. The Labute approximate surface area is 810 Å². The molecule has 140 heavy (non-hydrogen) atoms. The number of H-pyrrole nitrogens is 3. The molecule has 0 spiro atoms. The summed E-state index contributed by atoms with van der Waals surface area (Å²) < 4.78 is 0. The number of rotatable bonds is 32. The fourth-order valence-electron chi connectivity index (χ4n) is 16.6. The van der Waals surface area contributed by atoms with Gasteiger partial charge >= 0.3 is 0 Å². The molecule has 16 atom stereocenters. The molecule has 0 bridgehead atoms. The molecule has 2 aliphatic rings. The number of para-hydroxylation sites is 3. The number of aromatic amines is 3. The minimum absolute atomic E-state index is 0.0159. The minimum Gasteiger partial charge on any atom is -0.394 e. The monoisotopic (exact) mass is 1950 g/mol. The van der Waals surface area contributed by atoms with Crippen LogP contribution in [0.2, 0.25) is 0 Å². The number of amides is 13. The van der Waals surface area contributed by atoms with Gasteiger partial charge in [0.1, 0.15) is 85.4 Å². The van der Waals surface area contributed by atoms with Crippen molar-refractivity contribution in [1.29, 1.82) is 10.8 Å². The number of ketones is 2. The summed E-state index contributed by atoms with van der Waals surface area (Å²) in [4.78, 5) is 247. The largest absolute Gasteiger partial charge is 0.394 e. The summed E-state index contributed by atoms with van der Waals surface area (Å²) in [5.41, 5.74) is 20.3. The number of guanidine groups is 2. The van der Waals surface area contributed by atoms with Crippen LogP contribution >= 0.6 is 12.6 Å². The number of hydrazine groups is 1. The molecule has 2 saturated heterocycles. The molecule has 3 aromatic heterocycles. The van der Waals surface area contributed by atoms with Gasteiger partial charge in [0, 0.05) is 102 Å². The van der Waals surface area contributed by atoms with Crippen molar-refractivity contribution in [3.05, 3.63) is 180 Å². The summed E-state index contributed by atoms with van der Waals surface area (Å²) in [5.74, 6) is -17.3. The van der Waals surface area contributed by atoms with Crippen LogP contribution in [0.15, 0.2) is 152 Å². The first kappa shape index (κ1) is 108. The number of likely N-dealkylation sites (tertiary alicyclic amines) is 1. The van der Waals surface area contributed by atoms with E-state index in [-0.39, 0.29) is 122 Å². The van der Waals surface area contributed by atoms with E-state index in [4.69, 9.17) is 22.3 Å². The number of aliphatic hydroxyl groups is 4. The molecule has 2 aliphatic heterocycles. The Morgan fingerprint density at radius 3 is 1.55 bits per heavy atom. The number of nitrogens with zero attached hydrogens (tertiary/aromatic N) is 1. The third-order valence-electron chi connectivity index (χ3n) is 24.1. The highest BCUT2D eigenvalue weighted by Crippen LogP contribution is 2.26. The maximum Gasteiger partial charge on any atom is 0.246 e. The number of carbonyl (C=O) groups excluding carboxylic acids is 16. The van der Waals surface area contributed by atoms with Gasteiger partial charge in [0.2, 0.25) is 88.4 Å². The van der Waals surface area contributed by atoms with Crippen LogP contribution in [0, 0.1) is 10.8 Å². The number of Topliss-reactive ketones (excluding diaryl/α,β-unsaturated/α-hetero) is 2. The first-order valence-electron chi connectivity index (χ1n) is 46.3. The van der Waals surface area contributed by atoms with Crippen LogP contribution in [0.4, 0.5) is 0 Å². The molecular formula is C95H124N24O20S. The molecule has 10 rings (SSSR count). The predicted molar refractivity (Wildman–Crippen MR) is 518 cm³/mol. The van der Waals surface area contributed by atoms with Gasteiger partial charge in [0.25, 0.3) is 0 Å². The molecule has 3 unspecified atom stereocenters. The van der Waals surface area contributed by atoms with E-state index in [1.165, 1.54) is 0 Å². The number of aldehydes is 1. The Kier molecular flexibility index (Phi) is 41.0. The second kappa shape index (κ2) is 53.4. The lowest BCUT2D eigenvalue weighted by Gasteiger charge is -2.31. The number of carbonyl (C=O) groups is 16. The number of aliphatic hydroxyl groups excluding tert-OH is 4. The van der Waals surface area contributed by atoms with Crippen LogP contribution in [-0.2, 0) is 109 Å². The second-order valence-electron chi connectivity index (χ2n) is 34.5. The maximum atomic E-state index is 15.9. The van der Waals surface area contributed by atoms with Crippen molar-refractivity contribution in [2.75, 3.05) is 45.1 Å². The number of benzene rings is 5. The zero-order valence-electron chi connectivity index (χ0n) is 77.4. The van der Waals surface area contributed by atoms with Crippen molar-refractivity contribution < 1.29 is 97.1 Å². The average Bonchev–Trinajstić information content (AvgIpc) is 1.73.